The number of ether oxygens (including phenoxy) is 2. The van der Waals surface area contributed by atoms with Crippen LogP contribution >= 0.6 is 0 Å². The van der Waals surface area contributed by atoms with Gasteiger partial charge in [-0.3, -0.25) is 9.59 Å². The number of benzene rings is 1. The zero-order chi connectivity index (χ0) is 34.0. The summed E-state index contributed by atoms with van der Waals surface area (Å²) in [7, 11) is 0. The third kappa shape index (κ3) is 27.1. The molecule has 0 radical (unpaired) electrons. The van der Waals surface area contributed by atoms with E-state index in [1.54, 1.807) is 0 Å². The number of hydrogen-bond acceptors (Lipinski definition) is 5. The fourth-order valence-electron chi connectivity index (χ4n) is 5.81. The molecular weight excluding hydrogens is 588 g/mol. The maximum absolute atomic E-state index is 13.0. The number of carbonyl (C=O) groups is 3. The molecule has 2 amide bonds. The molecule has 1 aromatic rings. The van der Waals surface area contributed by atoms with Crippen LogP contribution in [0.1, 0.15) is 174 Å². The van der Waals surface area contributed by atoms with Gasteiger partial charge in [0.25, 0.3) is 0 Å². The van der Waals surface area contributed by atoms with Gasteiger partial charge in [-0.2, -0.15) is 0 Å². The minimum atomic E-state index is -0.450. The smallest absolute Gasteiger partial charge is 0.407 e. The van der Waals surface area contributed by atoms with E-state index in [1.807, 2.05) is 30.3 Å². The van der Waals surface area contributed by atoms with Crippen LogP contribution in [0.5, 0.6) is 0 Å². The number of carbonyl (C=O) groups excluding carboxylic acids is 3. The molecule has 270 valence electrons. The predicted octanol–water partition coefficient (Wildman–Crippen LogP) is 10.6. The monoisotopic (exact) mass is 659 g/mol. The average Bonchev–Trinajstić information content (AvgIpc) is 3.08. The number of nitrogens with one attached hydrogen (secondary N) is 2. The largest absolute Gasteiger partial charge is 0.466 e. The number of rotatable bonds is 32. The summed E-state index contributed by atoms with van der Waals surface area (Å²) in [6, 6.07) is 9.57. The highest BCUT2D eigenvalue weighted by Gasteiger charge is 2.22. The van der Waals surface area contributed by atoms with Crippen LogP contribution in [0.3, 0.4) is 0 Å². The van der Waals surface area contributed by atoms with Gasteiger partial charge in [0.1, 0.15) is 6.61 Å². The number of esters is 1. The fourth-order valence-corrected chi connectivity index (χ4v) is 5.81. The Morgan fingerprint density at radius 3 is 1.64 bits per heavy atom. The molecular formula is C40H70N2O5. The molecule has 0 spiro atoms. The van der Waals surface area contributed by atoms with Crippen LogP contribution in [-0.2, 0) is 25.7 Å². The van der Waals surface area contributed by atoms with E-state index in [4.69, 9.17) is 9.47 Å². The molecule has 7 nitrogen and oxygen atoms in total. The number of unbranched alkanes of at least 4 members (excludes halogenated alkanes) is 19. The molecule has 0 saturated heterocycles. The Morgan fingerprint density at radius 1 is 0.574 bits per heavy atom. The number of amides is 2. The lowest BCUT2D eigenvalue weighted by atomic mass is 9.97. The Labute approximate surface area is 288 Å². The van der Waals surface area contributed by atoms with Gasteiger partial charge in [-0.25, -0.2) is 4.79 Å². The Hall–Kier alpha value is -2.57. The number of alkyl carbamates (subject to hydrolysis) is 1. The molecule has 0 heterocycles. The SMILES string of the molecule is CCCCCCCCCCCCCCCCOC(=O)C[C@@H](CCCCNC(=O)OCc1ccccc1)C(=O)NCCCCCCCC. The van der Waals surface area contributed by atoms with Gasteiger partial charge in [-0.05, 0) is 31.2 Å². The second kappa shape index (κ2) is 32.0. The fraction of sp³-hybridized carbons (Fsp3) is 0.775. The minimum Gasteiger partial charge on any atom is -0.466 e. The Balaban J connectivity index is 2.24. The highest BCUT2D eigenvalue weighted by molar-refractivity contribution is 5.83. The summed E-state index contributed by atoms with van der Waals surface area (Å²) in [6.07, 6.45) is 26.7. The quantitative estimate of drug-likeness (QED) is 0.0593. The first-order valence-corrected chi connectivity index (χ1v) is 19.4. The molecule has 1 rings (SSSR count). The van der Waals surface area contributed by atoms with Gasteiger partial charge in [-0.15, -0.1) is 0 Å². The molecule has 0 bridgehead atoms. The van der Waals surface area contributed by atoms with E-state index in [0.29, 0.717) is 32.5 Å². The molecule has 0 aromatic heterocycles. The second-order valence-electron chi connectivity index (χ2n) is 13.3. The van der Waals surface area contributed by atoms with E-state index in [0.717, 1.165) is 37.7 Å². The van der Waals surface area contributed by atoms with Crippen LogP contribution < -0.4 is 10.6 Å². The van der Waals surface area contributed by atoms with Gasteiger partial charge < -0.3 is 20.1 Å². The maximum Gasteiger partial charge on any atom is 0.407 e. The Morgan fingerprint density at radius 2 is 1.06 bits per heavy atom. The van der Waals surface area contributed by atoms with Gasteiger partial charge in [0.2, 0.25) is 5.91 Å². The van der Waals surface area contributed by atoms with E-state index in [-0.39, 0.29) is 24.9 Å². The van der Waals surface area contributed by atoms with E-state index < -0.39 is 12.0 Å². The molecule has 0 saturated carbocycles. The summed E-state index contributed by atoms with van der Waals surface area (Å²) < 4.78 is 10.8. The molecule has 0 aliphatic heterocycles. The molecule has 47 heavy (non-hydrogen) atoms. The van der Waals surface area contributed by atoms with Crippen molar-refractivity contribution in [3.63, 3.8) is 0 Å². The summed E-state index contributed by atoms with van der Waals surface area (Å²) in [4.78, 5) is 37.7. The Kier molecular flexibility index (Phi) is 28.9. The summed E-state index contributed by atoms with van der Waals surface area (Å²) in [6.45, 7) is 6.24. The summed E-state index contributed by atoms with van der Waals surface area (Å²) >= 11 is 0. The zero-order valence-corrected chi connectivity index (χ0v) is 30.3. The second-order valence-corrected chi connectivity index (χ2v) is 13.3. The van der Waals surface area contributed by atoms with Crippen LogP contribution in [0.2, 0.25) is 0 Å². The molecule has 1 aromatic carbocycles. The first kappa shape index (κ1) is 42.5. The van der Waals surface area contributed by atoms with Crippen LogP contribution in [0.25, 0.3) is 0 Å². The van der Waals surface area contributed by atoms with Crippen molar-refractivity contribution >= 4 is 18.0 Å². The van der Waals surface area contributed by atoms with E-state index in [1.165, 1.54) is 103 Å². The van der Waals surface area contributed by atoms with Crippen molar-refractivity contribution in [2.24, 2.45) is 5.92 Å². The van der Waals surface area contributed by atoms with Crippen LogP contribution in [-0.4, -0.2) is 37.7 Å². The van der Waals surface area contributed by atoms with Crippen LogP contribution in [0, 0.1) is 5.92 Å². The standard InChI is InChI=1S/C40H70N2O5/c1-3-5-7-9-11-12-13-14-15-16-17-18-20-27-33-46-38(43)34-37(39(44)41-31-25-19-10-8-6-4-2)30-24-26-32-42-40(45)47-35-36-28-22-21-23-29-36/h21-23,28-29,37H,3-20,24-27,30-35H2,1-2H3,(H,41,44)(H,42,45)/t37-/m1/s1. The molecule has 0 unspecified atom stereocenters. The maximum atomic E-state index is 13.0. The third-order valence-corrected chi connectivity index (χ3v) is 8.84. The van der Waals surface area contributed by atoms with Gasteiger partial charge in [0.15, 0.2) is 0 Å². The van der Waals surface area contributed by atoms with Crippen molar-refractivity contribution in [3.05, 3.63) is 35.9 Å². The normalized spacial score (nSPS) is 11.6. The first-order chi connectivity index (χ1) is 23.1. The topological polar surface area (TPSA) is 93.7 Å². The molecule has 7 heteroatoms. The van der Waals surface area contributed by atoms with Gasteiger partial charge in [0.05, 0.1) is 13.0 Å². The average molecular weight is 659 g/mol. The van der Waals surface area contributed by atoms with Crippen molar-refractivity contribution in [2.45, 2.75) is 175 Å². The summed E-state index contributed by atoms with van der Waals surface area (Å²) in [5, 5.41) is 5.83. The Bertz CT molecular complexity index is 879. The van der Waals surface area contributed by atoms with Crippen molar-refractivity contribution in [1.29, 1.82) is 0 Å². The van der Waals surface area contributed by atoms with Crippen LogP contribution in [0.15, 0.2) is 30.3 Å². The predicted molar refractivity (Wildman–Crippen MR) is 194 cm³/mol. The first-order valence-electron chi connectivity index (χ1n) is 19.4. The molecule has 0 fully saturated rings. The lowest BCUT2D eigenvalue weighted by Crippen LogP contribution is -2.33. The van der Waals surface area contributed by atoms with Gasteiger partial charge >= 0.3 is 12.1 Å². The van der Waals surface area contributed by atoms with Gasteiger partial charge in [-0.1, -0.05) is 166 Å². The summed E-state index contributed by atoms with van der Waals surface area (Å²) in [5.74, 6) is -0.770. The van der Waals surface area contributed by atoms with Crippen molar-refractivity contribution in [3.8, 4) is 0 Å². The highest BCUT2D eigenvalue weighted by Crippen LogP contribution is 2.16. The van der Waals surface area contributed by atoms with E-state index >= 15 is 0 Å². The zero-order valence-electron chi connectivity index (χ0n) is 30.3. The lowest BCUT2D eigenvalue weighted by molar-refractivity contribution is -0.147. The van der Waals surface area contributed by atoms with Crippen LogP contribution in [0.4, 0.5) is 4.79 Å². The minimum absolute atomic E-state index is 0.0674. The van der Waals surface area contributed by atoms with E-state index in [2.05, 4.69) is 24.5 Å². The molecule has 0 aliphatic rings. The van der Waals surface area contributed by atoms with Crippen molar-refractivity contribution < 1.29 is 23.9 Å². The molecule has 0 aliphatic carbocycles. The molecule has 2 N–H and O–H groups in total. The lowest BCUT2D eigenvalue weighted by Gasteiger charge is -2.17. The summed E-state index contributed by atoms with van der Waals surface area (Å²) in [5.41, 5.74) is 0.939. The van der Waals surface area contributed by atoms with Crippen molar-refractivity contribution in [1.82, 2.24) is 10.6 Å². The van der Waals surface area contributed by atoms with E-state index in [9.17, 15) is 14.4 Å². The molecule has 1 atom stereocenters. The highest BCUT2D eigenvalue weighted by atomic mass is 16.5. The number of hydrogen-bond donors (Lipinski definition) is 2. The third-order valence-electron chi connectivity index (χ3n) is 8.84. The van der Waals surface area contributed by atoms with Crippen molar-refractivity contribution in [2.75, 3.05) is 19.7 Å². The van der Waals surface area contributed by atoms with Gasteiger partial charge in [0, 0.05) is 19.0 Å².